The van der Waals surface area contributed by atoms with Crippen molar-refractivity contribution in [2.75, 3.05) is 7.11 Å². The van der Waals surface area contributed by atoms with Crippen molar-refractivity contribution in [3.8, 4) is 0 Å². The Morgan fingerprint density at radius 3 is 2.30 bits per heavy atom. The molecule has 1 N–H and O–H groups in total. The van der Waals surface area contributed by atoms with Gasteiger partial charge in [-0.3, -0.25) is 4.79 Å². The van der Waals surface area contributed by atoms with Gasteiger partial charge in [0, 0.05) is 6.54 Å². The monoisotopic (exact) mass is 277 g/mol. The number of carbonyl (C=O) groups excluding carboxylic acids is 1. The second-order valence-corrected chi connectivity index (χ2v) is 5.95. The van der Waals surface area contributed by atoms with Crippen LogP contribution in [-0.2, 0) is 16.1 Å². The van der Waals surface area contributed by atoms with Crippen molar-refractivity contribution in [2.24, 2.45) is 5.92 Å². The fourth-order valence-electron chi connectivity index (χ4n) is 2.32. The fraction of sp³-hybridized carbons (Fsp3) is 0.588. The smallest absolute Gasteiger partial charge is 0.322 e. The molecule has 0 aliphatic rings. The van der Waals surface area contributed by atoms with Crippen molar-refractivity contribution in [2.45, 2.75) is 53.6 Å². The van der Waals surface area contributed by atoms with E-state index < -0.39 is 0 Å². The van der Waals surface area contributed by atoms with Crippen LogP contribution >= 0.6 is 0 Å². The average Bonchev–Trinajstić information content (AvgIpc) is 2.38. The average molecular weight is 277 g/mol. The first-order valence-electron chi connectivity index (χ1n) is 7.23. The van der Waals surface area contributed by atoms with Crippen LogP contribution in [0.4, 0.5) is 0 Å². The zero-order chi connectivity index (χ0) is 15.3. The standard InChI is InChI=1S/C17H27NO2/c1-11(2)7-16(17(19)20-6)18-10-15-9-13(4)12(3)8-14(15)5/h8-9,11,16,18H,7,10H2,1-6H3. The van der Waals surface area contributed by atoms with Gasteiger partial charge in [-0.25, -0.2) is 0 Å². The minimum absolute atomic E-state index is 0.180. The number of hydrogen-bond donors (Lipinski definition) is 1. The number of hydrogen-bond acceptors (Lipinski definition) is 3. The van der Waals surface area contributed by atoms with E-state index in [1.54, 1.807) is 0 Å². The lowest BCUT2D eigenvalue weighted by Crippen LogP contribution is -2.38. The summed E-state index contributed by atoms with van der Waals surface area (Å²) in [6, 6.07) is 4.16. The Morgan fingerprint density at radius 2 is 1.75 bits per heavy atom. The van der Waals surface area contributed by atoms with Crippen LogP contribution in [0, 0.1) is 26.7 Å². The SMILES string of the molecule is COC(=O)C(CC(C)C)NCc1cc(C)c(C)cc1C. The van der Waals surface area contributed by atoms with Crippen molar-refractivity contribution < 1.29 is 9.53 Å². The fourth-order valence-corrected chi connectivity index (χ4v) is 2.32. The van der Waals surface area contributed by atoms with Crippen molar-refractivity contribution in [3.05, 3.63) is 34.4 Å². The minimum Gasteiger partial charge on any atom is -0.468 e. The molecule has 1 atom stereocenters. The van der Waals surface area contributed by atoms with Crippen molar-refractivity contribution in [1.82, 2.24) is 5.32 Å². The summed E-state index contributed by atoms with van der Waals surface area (Å²) in [7, 11) is 1.44. The molecular formula is C17H27NO2. The van der Waals surface area contributed by atoms with Gasteiger partial charge in [0.15, 0.2) is 0 Å². The van der Waals surface area contributed by atoms with Crippen LogP contribution in [0.15, 0.2) is 12.1 Å². The zero-order valence-electron chi connectivity index (χ0n) is 13.5. The summed E-state index contributed by atoms with van der Waals surface area (Å²) in [4.78, 5) is 11.8. The molecule has 0 aromatic heterocycles. The Morgan fingerprint density at radius 1 is 1.15 bits per heavy atom. The number of aryl methyl sites for hydroxylation is 3. The number of nitrogens with one attached hydrogen (secondary N) is 1. The van der Waals surface area contributed by atoms with E-state index in [2.05, 4.69) is 52.1 Å². The Hall–Kier alpha value is -1.35. The molecule has 20 heavy (non-hydrogen) atoms. The molecule has 112 valence electrons. The molecule has 3 heteroatoms. The van der Waals surface area contributed by atoms with Crippen molar-refractivity contribution in [3.63, 3.8) is 0 Å². The van der Waals surface area contributed by atoms with Gasteiger partial charge in [-0.1, -0.05) is 26.0 Å². The summed E-state index contributed by atoms with van der Waals surface area (Å²) in [5.41, 5.74) is 5.09. The molecule has 0 spiro atoms. The highest BCUT2D eigenvalue weighted by atomic mass is 16.5. The maximum Gasteiger partial charge on any atom is 0.322 e. The third kappa shape index (κ3) is 4.64. The summed E-state index contributed by atoms with van der Waals surface area (Å²) in [5.74, 6) is 0.271. The lowest BCUT2D eigenvalue weighted by atomic mass is 9.99. The first-order chi connectivity index (χ1) is 9.35. The molecule has 0 aliphatic heterocycles. The molecule has 0 radical (unpaired) electrons. The second kappa shape index (κ2) is 7.44. The van der Waals surface area contributed by atoms with Gasteiger partial charge in [0.2, 0.25) is 0 Å². The predicted molar refractivity (Wildman–Crippen MR) is 82.8 cm³/mol. The van der Waals surface area contributed by atoms with E-state index in [1.165, 1.54) is 29.4 Å². The van der Waals surface area contributed by atoms with E-state index in [4.69, 9.17) is 4.74 Å². The molecule has 0 saturated carbocycles. The summed E-state index contributed by atoms with van der Waals surface area (Å²) >= 11 is 0. The first kappa shape index (κ1) is 16.7. The number of ether oxygens (including phenoxy) is 1. The third-order valence-electron chi connectivity index (χ3n) is 3.68. The second-order valence-electron chi connectivity index (χ2n) is 5.95. The molecule has 0 bridgehead atoms. The maximum atomic E-state index is 11.8. The van der Waals surface area contributed by atoms with Crippen LogP contribution in [0.25, 0.3) is 0 Å². The van der Waals surface area contributed by atoms with E-state index in [1.807, 2.05) is 0 Å². The van der Waals surface area contributed by atoms with Gasteiger partial charge in [-0.05, 0) is 55.4 Å². The highest BCUT2D eigenvalue weighted by Gasteiger charge is 2.20. The van der Waals surface area contributed by atoms with Gasteiger partial charge in [-0.15, -0.1) is 0 Å². The van der Waals surface area contributed by atoms with Crippen LogP contribution in [0.3, 0.4) is 0 Å². The van der Waals surface area contributed by atoms with Crippen LogP contribution in [-0.4, -0.2) is 19.1 Å². The molecule has 0 heterocycles. The quantitative estimate of drug-likeness (QED) is 0.811. The molecule has 0 amide bonds. The Balaban J connectivity index is 2.77. The van der Waals surface area contributed by atoms with Crippen LogP contribution in [0.5, 0.6) is 0 Å². The lowest BCUT2D eigenvalue weighted by molar-refractivity contribution is -0.143. The Labute approximate surface area is 122 Å². The van der Waals surface area contributed by atoms with Crippen molar-refractivity contribution in [1.29, 1.82) is 0 Å². The minimum atomic E-state index is -0.235. The van der Waals surface area contributed by atoms with Gasteiger partial charge in [0.1, 0.15) is 6.04 Å². The number of carbonyl (C=O) groups is 1. The summed E-state index contributed by atoms with van der Waals surface area (Å²) in [6.07, 6.45) is 0.788. The highest BCUT2D eigenvalue weighted by molar-refractivity contribution is 5.75. The van der Waals surface area contributed by atoms with E-state index in [9.17, 15) is 4.79 Å². The zero-order valence-corrected chi connectivity index (χ0v) is 13.5. The number of benzene rings is 1. The molecule has 1 aromatic rings. The van der Waals surface area contributed by atoms with E-state index in [0.29, 0.717) is 12.5 Å². The molecule has 1 aromatic carbocycles. The molecule has 0 fully saturated rings. The third-order valence-corrected chi connectivity index (χ3v) is 3.68. The normalized spacial score (nSPS) is 12.6. The summed E-state index contributed by atoms with van der Waals surface area (Å²) in [6.45, 7) is 11.3. The molecule has 3 nitrogen and oxygen atoms in total. The number of methoxy groups -OCH3 is 1. The topological polar surface area (TPSA) is 38.3 Å². The Kier molecular flexibility index (Phi) is 6.21. The highest BCUT2D eigenvalue weighted by Crippen LogP contribution is 2.16. The van der Waals surface area contributed by atoms with Gasteiger partial charge in [0.05, 0.1) is 7.11 Å². The summed E-state index contributed by atoms with van der Waals surface area (Å²) < 4.78 is 4.87. The number of esters is 1. The summed E-state index contributed by atoms with van der Waals surface area (Å²) in [5, 5.41) is 3.33. The van der Waals surface area contributed by atoms with E-state index in [-0.39, 0.29) is 12.0 Å². The molecule has 1 unspecified atom stereocenters. The molecule has 0 aliphatic carbocycles. The van der Waals surface area contributed by atoms with Crippen LogP contribution < -0.4 is 5.32 Å². The molecular weight excluding hydrogens is 250 g/mol. The molecule has 1 rings (SSSR count). The lowest BCUT2D eigenvalue weighted by Gasteiger charge is -2.19. The largest absolute Gasteiger partial charge is 0.468 e. The number of rotatable bonds is 6. The van der Waals surface area contributed by atoms with E-state index >= 15 is 0 Å². The van der Waals surface area contributed by atoms with Crippen LogP contribution in [0.1, 0.15) is 42.5 Å². The van der Waals surface area contributed by atoms with Gasteiger partial charge in [0.25, 0.3) is 0 Å². The maximum absolute atomic E-state index is 11.8. The van der Waals surface area contributed by atoms with Crippen molar-refractivity contribution >= 4 is 5.97 Å². The Bertz CT molecular complexity index is 466. The van der Waals surface area contributed by atoms with E-state index in [0.717, 1.165) is 6.42 Å². The van der Waals surface area contributed by atoms with Gasteiger partial charge in [-0.2, -0.15) is 0 Å². The molecule has 0 saturated heterocycles. The first-order valence-corrected chi connectivity index (χ1v) is 7.23. The van der Waals surface area contributed by atoms with Gasteiger partial charge >= 0.3 is 5.97 Å². The van der Waals surface area contributed by atoms with Gasteiger partial charge < -0.3 is 10.1 Å². The predicted octanol–water partition coefficient (Wildman–Crippen LogP) is 3.29. The van der Waals surface area contributed by atoms with Crippen LogP contribution in [0.2, 0.25) is 0 Å².